The SMILES string of the molecule is COCCCNC(=O)CN(C)C(=O)c1cc(OC)c(OCc2cscn2)cc1[N+](=O)[O-]. The summed E-state index contributed by atoms with van der Waals surface area (Å²) in [6.45, 7) is 0.729. The molecule has 0 aliphatic heterocycles. The Morgan fingerprint density at radius 3 is 2.68 bits per heavy atom. The van der Waals surface area contributed by atoms with E-state index in [1.54, 1.807) is 18.0 Å². The van der Waals surface area contributed by atoms with Crippen LogP contribution in [-0.4, -0.2) is 67.6 Å². The maximum absolute atomic E-state index is 12.8. The van der Waals surface area contributed by atoms with Crippen LogP contribution in [0.4, 0.5) is 5.69 Å². The molecule has 0 aliphatic rings. The molecule has 1 heterocycles. The molecule has 1 N–H and O–H groups in total. The van der Waals surface area contributed by atoms with Crippen molar-refractivity contribution in [3.8, 4) is 11.5 Å². The van der Waals surface area contributed by atoms with E-state index in [4.69, 9.17) is 14.2 Å². The molecule has 12 heteroatoms. The smallest absolute Gasteiger partial charge is 0.286 e. The number of hydrogen-bond donors (Lipinski definition) is 1. The number of benzene rings is 1. The normalized spacial score (nSPS) is 10.4. The fraction of sp³-hybridized carbons (Fsp3) is 0.421. The number of hydrogen-bond acceptors (Lipinski definition) is 9. The highest BCUT2D eigenvalue weighted by Gasteiger charge is 2.27. The van der Waals surface area contributed by atoms with E-state index in [-0.39, 0.29) is 36.1 Å². The Morgan fingerprint density at radius 1 is 1.29 bits per heavy atom. The highest BCUT2D eigenvalue weighted by molar-refractivity contribution is 7.07. The van der Waals surface area contributed by atoms with E-state index in [0.29, 0.717) is 25.3 Å². The van der Waals surface area contributed by atoms with E-state index >= 15 is 0 Å². The number of likely N-dealkylation sites (N-methyl/N-ethyl adjacent to an activating group) is 1. The first-order valence-corrected chi connectivity index (χ1v) is 10.2. The van der Waals surface area contributed by atoms with Gasteiger partial charge in [-0.25, -0.2) is 4.98 Å². The van der Waals surface area contributed by atoms with Crippen LogP contribution in [0.1, 0.15) is 22.5 Å². The summed E-state index contributed by atoms with van der Waals surface area (Å²) in [5, 5.41) is 16.0. The summed E-state index contributed by atoms with van der Waals surface area (Å²) in [6, 6.07) is 2.38. The highest BCUT2D eigenvalue weighted by Crippen LogP contribution is 2.35. The molecule has 0 saturated carbocycles. The van der Waals surface area contributed by atoms with Gasteiger partial charge in [-0.3, -0.25) is 19.7 Å². The van der Waals surface area contributed by atoms with Crippen LogP contribution in [0.25, 0.3) is 0 Å². The minimum Gasteiger partial charge on any atom is -0.493 e. The number of aromatic nitrogens is 1. The van der Waals surface area contributed by atoms with Crippen LogP contribution in [0.3, 0.4) is 0 Å². The molecule has 0 saturated heterocycles. The van der Waals surface area contributed by atoms with Gasteiger partial charge in [0.1, 0.15) is 12.2 Å². The molecule has 0 radical (unpaired) electrons. The zero-order chi connectivity index (χ0) is 22.8. The van der Waals surface area contributed by atoms with Gasteiger partial charge in [0.15, 0.2) is 11.5 Å². The van der Waals surface area contributed by atoms with E-state index < -0.39 is 16.5 Å². The second kappa shape index (κ2) is 11.8. The maximum atomic E-state index is 12.8. The van der Waals surface area contributed by atoms with Gasteiger partial charge < -0.3 is 24.4 Å². The third-order valence-corrected chi connectivity index (χ3v) is 4.78. The van der Waals surface area contributed by atoms with Crippen LogP contribution in [0, 0.1) is 10.1 Å². The molecule has 168 valence electrons. The van der Waals surface area contributed by atoms with E-state index in [2.05, 4.69) is 10.3 Å². The first-order valence-electron chi connectivity index (χ1n) is 9.24. The topological polar surface area (TPSA) is 133 Å². The molecule has 1 aromatic heterocycles. The quantitative estimate of drug-likeness (QED) is 0.293. The third-order valence-electron chi connectivity index (χ3n) is 4.14. The lowest BCUT2D eigenvalue weighted by Crippen LogP contribution is -2.39. The number of nitro benzene ring substituents is 1. The lowest BCUT2D eigenvalue weighted by atomic mass is 10.1. The summed E-state index contributed by atoms with van der Waals surface area (Å²) >= 11 is 1.39. The predicted octanol–water partition coefficient (Wildman–Crippen LogP) is 1.86. The minimum atomic E-state index is -0.692. The number of nitrogens with zero attached hydrogens (tertiary/aromatic N) is 3. The minimum absolute atomic E-state index is 0.0907. The van der Waals surface area contributed by atoms with Gasteiger partial charge in [0.05, 0.1) is 35.8 Å². The van der Waals surface area contributed by atoms with Crippen LogP contribution >= 0.6 is 11.3 Å². The number of amides is 2. The average Bonchev–Trinajstić information content (AvgIpc) is 3.27. The van der Waals surface area contributed by atoms with Gasteiger partial charge in [-0.05, 0) is 6.42 Å². The summed E-state index contributed by atoms with van der Waals surface area (Å²) in [4.78, 5) is 40.9. The highest BCUT2D eigenvalue weighted by atomic mass is 32.1. The molecule has 0 fully saturated rings. The van der Waals surface area contributed by atoms with Gasteiger partial charge in [0.2, 0.25) is 5.91 Å². The number of nitrogens with one attached hydrogen (secondary N) is 1. The lowest BCUT2D eigenvalue weighted by molar-refractivity contribution is -0.385. The Hall–Kier alpha value is -3.25. The molecule has 0 bridgehead atoms. The molecular formula is C19H24N4O7S. The van der Waals surface area contributed by atoms with Crippen LogP contribution in [-0.2, 0) is 16.1 Å². The molecule has 2 aromatic rings. The van der Waals surface area contributed by atoms with Crippen LogP contribution in [0.15, 0.2) is 23.0 Å². The Bertz CT molecular complexity index is 905. The van der Waals surface area contributed by atoms with Gasteiger partial charge in [0.25, 0.3) is 11.6 Å². The van der Waals surface area contributed by atoms with Crippen molar-refractivity contribution >= 4 is 28.8 Å². The first-order chi connectivity index (χ1) is 14.9. The van der Waals surface area contributed by atoms with Crippen molar-refractivity contribution in [1.29, 1.82) is 0 Å². The Balaban J connectivity index is 2.16. The number of carbonyl (C=O) groups excluding carboxylic acids is 2. The number of rotatable bonds is 12. The second-order valence-electron chi connectivity index (χ2n) is 6.40. The number of thiazole rings is 1. The van der Waals surface area contributed by atoms with Crippen molar-refractivity contribution in [2.75, 3.05) is 41.0 Å². The number of ether oxygens (including phenoxy) is 3. The second-order valence-corrected chi connectivity index (χ2v) is 7.12. The fourth-order valence-electron chi connectivity index (χ4n) is 2.60. The van der Waals surface area contributed by atoms with Crippen molar-refractivity contribution < 1.29 is 28.7 Å². The van der Waals surface area contributed by atoms with Gasteiger partial charge in [0, 0.05) is 38.8 Å². The van der Waals surface area contributed by atoms with Gasteiger partial charge in [-0.1, -0.05) is 0 Å². The van der Waals surface area contributed by atoms with E-state index in [0.717, 1.165) is 11.0 Å². The summed E-state index contributed by atoms with van der Waals surface area (Å²) < 4.78 is 15.8. The number of methoxy groups -OCH3 is 2. The molecule has 31 heavy (non-hydrogen) atoms. The Kier molecular flexibility index (Phi) is 9.15. The maximum Gasteiger partial charge on any atom is 0.286 e. The fourth-order valence-corrected chi connectivity index (χ4v) is 3.14. The van der Waals surface area contributed by atoms with Crippen molar-refractivity contribution in [2.45, 2.75) is 13.0 Å². The summed E-state index contributed by atoms with van der Waals surface area (Å²) in [5.74, 6) is -0.813. The summed E-state index contributed by atoms with van der Waals surface area (Å²) in [6.07, 6.45) is 0.630. The first kappa shape index (κ1) is 24.0. The zero-order valence-corrected chi connectivity index (χ0v) is 18.3. The molecule has 0 spiro atoms. The standard InChI is InChI=1S/C19H24N4O7S/c1-22(9-18(24)20-5-4-6-28-2)19(25)14-7-16(29-3)17(8-15(14)23(26)27)30-10-13-11-31-12-21-13/h7-8,11-12H,4-6,9-10H2,1-3H3,(H,20,24). The lowest BCUT2D eigenvalue weighted by Gasteiger charge is -2.18. The monoisotopic (exact) mass is 452 g/mol. The average molecular weight is 452 g/mol. The molecule has 0 unspecified atom stereocenters. The van der Waals surface area contributed by atoms with Gasteiger partial charge in [-0.15, -0.1) is 11.3 Å². The van der Waals surface area contributed by atoms with Crippen molar-refractivity contribution in [2.24, 2.45) is 0 Å². The molecule has 1 aromatic carbocycles. The molecule has 0 atom stereocenters. The van der Waals surface area contributed by atoms with E-state index in [1.807, 2.05) is 0 Å². The van der Waals surface area contributed by atoms with Crippen LogP contribution < -0.4 is 14.8 Å². The van der Waals surface area contributed by atoms with Crippen molar-refractivity contribution in [3.05, 3.63) is 44.4 Å². The zero-order valence-electron chi connectivity index (χ0n) is 17.5. The van der Waals surface area contributed by atoms with Crippen molar-refractivity contribution in [1.82, 2.24) is 15.2 Å². The summed E-state index contributed by atoms with van der Waals surface area (Å²) in [5.41, 5.74) is 1.64. The van der Waals surface area contributed by atoms with E-state index in [1.165, 1.54) is 31.6 Å². The largest absolute Gasteiger partial charge is 0.493 e. The van der Waals surface area contributed by atoms with E-state index in [9.17, 15) is 19.7 Å². The Labute approximate surface area is 183 Å². The third kappa shape index (κ3) is 6.89. The van der Waals surface area contributed by atoms with Gasteiger partial charge >= 0.3 is 0 Å². The molecule has 0 aliphatic carbocycles. The molecule has 2 amide bonds. The predicted molar refractivity (Wildman–Crippen MR) is 113 cm³/mol. The summed E-state index contributed by atoms with van der Waals surface area (Å²) in [7, 11) is 4.31. The van der Waals surface area contributed by atoms with Crippen molar-refractivity contribution in [3.63, 3.8) is 0 Å². The molecule has 11 nitrogen and oxygen atoms in total. The molecule has 2 rings (SSSR count). The number of carbonyl (C=O) groups is 2. The number of nitro groups is 1. The van der Waals surface area contributed by atoms with Crippen LogP contribution in [0.2, 0.25) is 0 Å². The Morgan fingerprint density at radius 2 is 2.06 bits per heavy atom. The van der Waals surface area contributed by atoms with Crippen LogP contribution in [0.5, 0.6) is 11.5 Å². The van der Waals surface area contributed by atoms with Gasteiger partial charge in [-0.2, -0.15) is 0 Å². The molecular weight excluding hydrogens is 428 g/mol.